The largest absolute Gasteiger partial charge is 0.495 e. The van der Waals surface area contributed by atoms with E-state index in [4.69, 9.17) is 16.3 Å². The number of halogens is 1. The number of benzene rings is 1. The fourth-order valence-electron chi connectivity index (χ4n) is 2.46. The fraction of sp³-hybridized carbons (Fsp3) is 0.538. The first-order valence-electron chi connectivity index (χ1n) is 6.69. The summed E-state index contributed by atoms with van der Waals surface area (Å²) in [7, 11) is -5.36. The third kappa shape index (κ3) is 3.56. The summed E-state index contributed by atoms with van der Waals surface area (Å²) >= 11 is 5.97. The summed E-state index contributed by atoms with van der Waals surface area (Å²) in [6.07, 6.45) is 1.80. The number of piperidine rings is 1. The van der Waals surface area contributed by atoms with Gasteiger partial charge in [-0.05, 0) is 31.0 Å². The summed E-state index contributed by atoms with van der Waals surface area (Å²) < 4.78 is 54.5. The van der Waals surface area contributed by atoms with Crippen LogP contribution in [-0.4, -0.2) is 52.8 Å². The molecule has 0 atom stereocenters. The van der Waals surface area contributed by atoms with Gasteiger partial charge in [0, 0.05) is 19.3 Å². The lowest BCUT2D eigenvalue weighted by atomic mass is 10.2. The quantitative estimate of drug-likeness (QED) is 0.806. The van der Waals surface area contributed by atoms with Crippen molar-refractivity contribution >= 4 is 31.5 Å². The van der Waals surface area contributed by atoms with Crippen LogP contribution in [0.25, 0.3) is 0 Å². The Morgan fingerprint density at radius 1 is 1.18 bits per heavy atom. The average molecular weight is 368 g/mol. The summed E-state index contributed by atoms with van der Waals surface area (Å²) in [4.78, 5) is 0.0797. The van der Waals surface area contributed by atoms with Gasteiger partial charge in [0.25, 0.3) is 0 Å². The molecule has 22 heavy (non-hydrogen) atoms. The first-order valence-corrected chi connectivity index (χ1v) is 10.5. The van der Waals surface area contributed by atoms with Crippen molar-refractivity contribution in [1.29, 1.82) is 0 Å². The van der Waals surface area contributed by atoms with Gasteiger partial charge in [-0.3, -0.25) is 0 Å². The van der Waals surface area contributed by atoms with E-state index in [1.807, 2.05) is 0 Å². The summed E-state index contributed by atoms with van der Waals surface area (Å²) in [5, 5.41) is -0.256. The third-order valence-corrected chi connectivity index (χ3v) is 7.64. The number of hydrogen-bond donors (Lipinski definition) is 0. The zero-order valence-electron chi connectivity index (χ0n) is 12.3. The van der Waals surface area contributed by atoms with E-state index in [-0.39, 0.29) is 23.0 Å². The number of hydrogen-bond acceptors (Lipinski definition) is 5. The van der Waals surface area contributed by atoms with Gasteiger partial charge in [0.2, 0.25) is 10.0 Å². The predicted octanol–water partition coefficient (Wildman–Crippen LogP) is 1.55. The van der Waals surface area contributed by atoms with Crippen LogP contribution in [0.4, 0.5) is 0 Å². The molecule has 1 fully saturated rings. The highest BCUT2D eigenvalue weighted by Crippen LogP contribution is 2.30. The standard InChI is InChI=1S/C13H18ClNO5S2/c1-20-13-4-3-11(9-12(13)14)22(18,19)15-7-5-10(6-8-15)21(2,16)17/h3-4,9-10H,5-8H2,1-2H3. The van der Waals surface area contributed by atoms with Crippen LogP contribution in [0.2, 0.25) is 5.02 Å². The lowest BCUT2D eigenvalue weighted by Crippen LogP contribution is -2.42. The predicted molar refractivity (Wildman–Crippen MR) is 84.6 cm³/mol. The fourth-order valence-corrected chi connectivity index (χ4v) is 5.34. The van der Waals surface area contributed by atoms with Crippen molar-refractivity contribution in [2.45, 2.75) is 23.0 Å². The first kappa shape index (κ1) is 17.5. The molecule has 0 bridgehead atoms. The average Bonchev–Trinajstić information content (AvgIpc) is 2.46. The molecule has 1 heterocycles. The van der Waals surface area contributed by atoms with E-state index in [0.717, 1.165) is 0 Å². The first-order chi connectivity index (χ1) is 10.2. The topological polar surface area (TPSA) is 80.8 Å². The molecule has 9 heteroatoms. The van der Waals surface area contributed by atoms with E-state index in [1.54, 1.807) is 0 Å². The maximum Gasteiger partial charge on any atom is 0.243 e. The molecule has 1 aliphatic heterocycles. The maximum absolute atomic E-state index is 12.6. The summed E-state index contributed by atoms with van der Waals surface area (Å²) in [6.45, 7) is 0.368. The van der Waals surface area contributed by atoms with Crippen LogP contribution in [0.5, 0.6) is 5.75 Å². The van der Waals surface area contributed by atoms with Crippen molar-refractivity contribution in [2.24, 2.45) is 0 Å². The Morgan fingerprint density at radius 3 is 2.23 bits per heavy atom. The van der Waals surface area contributed by atoms with E-state index in [9.17, 15) is 16.8 Å². The molecule has 1 aromatic rings. The van der Waals surface area contributed by atoms with Gasteiger partial charge in [-0.1, -0.05) is 11.6 Å². The van der Waals surface area contributed by atoms with Gasteiger partial charge in [0.15, 0.2) is 0 Å². The molecule has 1 saturated heterocycles. The number of methoxy groups -OCH3 is 1. The van der Waals surface area contributed by atoms with Gasteiger partial charge < -0.3 is 4.74 Å². The molecule has 0 amide bonds. The van der Waals surface area contributed by atoms with E-state index in [0.29, 0.717) is 18.6 Å². The molecule has 0 radical (unpaired) electrons. The van der Waals surface area contributed by atoms with Crippen LogP contribution in [0.3, 0.4) is 0 Å². The minimum absolute atomic E-state index is 0.0797. The number of rotatable bonds is 4. The van der Waals surface area contributed by atoms with Crippen LogP contribution in [-0.2, 0) is 19.9 Å². The number of sulfonamides is 1. The zero-order valence-corrected chi connectivity index (χ0v) is 14.7. The van der Waals surface area contributed by atoms with Crippen LogP contribution in [0.15, 0.2) is 23.1 Å². The van der Waals surface area contributed by atoms with Crippen molar-refractivity contribution in [3.8, 4) is 5.75 Å². The second-order valence-corrected chi connectivity index (χ2v) is 9.90. The normalized spacial score (nSPS) is 18.3. The lowest BCUT2D eigenvalue weighted by Gasteiger charge is -2.30. The molecule has 0 spiro atoms. The number of sulfone groups is 1. The molecular formula is C13H18ClNO5S2. The van der Waals surface area contributed by atoms with Gasteiger partial charge in [0.1, 0.15) is 15.6 Å². The Morgan fingerprint density at radius 2 is 1.77 bits per heavy atom. The molecule has 1 aromatic carbocycles. The minimum Gasteiger partial charge on any atom is -0.495 e. The van der Waals surface area contributed by atoms with Gasteiger partial charge >= 0.3 is 0 Å². The third-order valence-electron chi connectivity index (χ3n) is 3.77. The Hall–Kier alpha value is -0.830. The van der Waals surface area contributed by atoms with Crippen LogP contribution in [0.1, 0.15) is 12.8 Å². The highest BCUT2D eigenvalue weighted by molar-refractivity contribution is 7.91. The molecule has 2 rings (SSSR count). The molecular weight excluding hydrogens is 350 g/mol. The number of nitrogens with zero attached hydrogens (tertiary/aromatic N) is 1. The lowest BCUT2D eigenvalue weighted by molar-refractivity contribution is 0.346. The Labute approximate surface area is 136 Å². The Bertz CT molecular complexity index is 753. The van der Waals surface area contributed by atoms with E-state index >= 15 is 0 Å². The van der Waals surface area contributed by atoms with E-state index in [2.05, 4.69) is 0 Å². The SMILES string of the molecule is COc1ccc(S(=O)(=O)N2CCC(S(C)(=O)=O)CC2)cc1Cl. The van der Waals surface area contributed by atoms with Crippen molar-refractivity contribution in [3.63, 3.8) is 0 Å². The minimum atomic E-state index is -3.68. The molecule has 0 saturated carbocycles. The van der Waals surface area contributed by atoms with Crippen molar-refractivity contribution < 1.29 is 21.6 Å². The highest BCUT2D eigenvalue weighted by Gasteiger charge is 2.33. The van der Waals surface area contributed by atoms with Crippen molar-refractivity contribution in [2.75, 3.05) is 26.5 Å². The molecule has 0 aromatic heterocycles. The van der Waals surface area contributed by atoms with Gasteiger partial charge in [-0.15, -0.1) is 0 Å². The summed E-state index contributed by atoms with van der Waals surface area (Å²) in [5.74, 6) is 0.399. The molecule has 0 unspecified atom stereocenters. The van der Waals surface area contributed by atoms with Crippen molar-refractivity contribution in [3.05, 3.63) is 23.2 Å². The second-order valence-electron chi connectivity index (χ2n) is 5.23. The van der Waals surface area contributed by atoms with Gasteiger partial charge in [-0.2, -0.15) is 4.31 Å². The molecule has 0 aliphatic carbocycles. The smallest absolute Gasteiger partial charge is 0.243 e. The maximum atomic E-state index is 12.6. The number of ether oxygens (including phenoxy) is 1. The highest BCUT2D eigenvalue weighted by atomic mass is 35.5. The Balaban J connectivity index is 2.20. The van der Waals surface area contributed by atoms with E-state index < -0.39 is 25.1 Å². The van der Waals surface area contributed by atoms with Crippen LogP contribution in [0, 0.1) is 0 Å². The summed E-state index contributed by atoms with van der Waals surface area (Å²) in [6, 6.07) is 4.28. The molecule has 1 aliphatic rings. The zero-order chi connectivity index (χ0) is 16.5. The van der Waals surface area contributed by atoms with Gasteiger partial charge in [-0.25, -0.2) is 16.8 Å². The van der Waals surface area contributed by atoms with Crippen LogP contribution >= 0.6 is 11.6 Å². The molecule has 124 valence electrons. The second kappa shape index (κ2) is 6.35. The van der Waals surface area contributed by atoms with Crippen LogP contribution < -0.4 is 4.74 Å². The van der Waals surface area contributed by atoms with Gasteiger partial charge in [0.05, 0.1) is 22.3 Å². The monoisotopic (exact) mass is 367 g/mol. The van der Waals surface area contributed by atoms with E-state index in [1.165, 1.54) is 35.9 Å². The Kier molecular flexibility index (Phi) is 5.06. The molecule has 6 nitrogen and oxygen atoms in total. The van der Waals surface area contributed by atoms with Crippen molar-refractivity contribution in [1.82, 2.24) is 4.31 Å². The molecule has 0 N–H and O–H groups in total. The summed E-state index contributed by atoms with van der Waals surface area (Å²) in [5.41, 5.74) is 0.